The average Bonchev–Trinajstić information content (AvgIpc) is 2.83. The molecule has 0 radical (unpaired) electrons. The smallest absolute Gasteiger partial charge is 0.329 e. The number of aromatic nitrogens is 1. The Morgan fingerprint density at radius 2 is 2.10 bits per heavy atom. The van der Waals surface area contributed by atoms with Crippen LogP contribution in [-0.2, 0) is 4.79 Å². The van der Waals surface area contributed by atoms with Crippen LogP contribution in [0.15, 0.2) is 12.3 Å². The van der Waals surface area contributed by atoms with Crippen LogP contribution in [0.1, 0.15) is 50.6 Å². The Balaban J connectivity index is 3.18. The molecule has 0 aliphatic rings. The maximum Gasteiger partial charge on any atom is 0.329 e. The number of carboxylic acid groups (broad SMARTS) is 1. The molecule has 2 N–H and O–H groups in total. The first-order chi connectivity index (χ1) is 9.62. The van der Waals surface area contributed by atoms with Gasteiger partial charge in [0.2, 0.25) is 0 Å². The van der Waals surface area contributed by atoms with E-state index >= 15 is 0 Å². The Morgan fingerprint density at radius 1 is 1.52 bits per heavy atom. The number of aliphatic carboxylic acids is 1. The van der Waals surface area contributed by atoms with Crippen molar-refractivity contribution < 1.29 is 19.6 Å². The number of carbonyl (C=O) groups is 2. The predicted octanol–water partition coefficient (Wildman–Crippen LogP) is 1.96. The van der Waals surface area contributed by atoms with Crippen molar-refractivity contribution in [1.29, 1.82) is 0 Å². The summed E-state index contributed by atoms with van der Waals surface area (Å²) >= 11 is 0. The Labute approximate surface area is 121 Å². The molecule has 1 heterocycles. The highest BCUT2D eigenvalue weighted by Crippen LogP contribution is 2.21. The lowest BCUT2D eigenvalue weighted by atomic mass is 9.99. The van der Waals surface area contributed by atoms with E-state index < -0.39 is 22.3 Å². The molecule has 0 fully saturated rings. The molecule has 0 saturated heterocycles. The molecule has 0 bridgehead atoms. The third-order valence-electron chi connectivity index (χ3n) is 3.40. The highest BCUT2D eigenvalue weighted by atomic mass is 16.6. The standard InChI is InChI=1S/C13H19N3O5/c1-5-13(4,12(18)19)14-11(17)10-6-9(16(20)21)7-15(10)8(2)3/h6-8H,5H2,1-4H3,(H,14,17)(H,18,19). The van der Waals surface area contributed by atoms with Crippen LogP contribution in [0.4, 0.5) is 5.69 Å². The van der Waals surface area contributed by atoms with Gasteiger partial charge in [-0.2, -0.15) is 0 Å². The second kappa shape index (κ2) is 5.94. The number of carbonyl (C=O) groups excluding carboxylic acids is 1. The number of carboxylic acids is 1. The monoisotopic (exact) mass is 297 g/mol. The van der Waals surface area contributed by atoms with Crippen molar-refractivity contribution in [3.05, 3.63) is 28.1 Å². The molecule has 0 aromatic carbocycles. The predicted molar refractivity (Wildman–Crippen MR) is 75.3 cm³/mol. The zero-order valence-electron chi connectivity index (χ0n) is 12.4. The number of hydrogen-bond acceptors (Lipinski definition) is 4. The van der Waals surface area contributed by atoms with E-state index in [4.69, 9.17) is 0 Å². The average molecular weight is 297 g/mol. The second-order valence-corrected chi connectivity index (χ2v) is 5.29. The highest BCUT2D eigenvalue weighted by Gasteiger charge is 2.34. The summed E-state index contributed by atoms with van der Waals surface area (Å²) in [7, 11) is 0. The number of nitrogens with one attached hydrogen (secondary N) is 1. The maximum atomic E-state index is 12.3. The largest absolute Gasteiger partial charge is 0.480 e. The van der Waals surface area contributed by atoms with E-state index in [0.29, 0.717) is 0 Å². The van der Waals surface area contributed by atoms with Crippen molar-refractivity contribution in [2.75, 3.05) is 0 Å². The first kappa shape index (κ1) is 16.7. The van der Waals surface area contributed by atoms with Gasteiger partial charge in [0.25, 0.3) is 11.6 Å². The van der Waals surface area contributed by atoms with E-state index in [0.717, 1.165) is 6.07 Å². The number of rotatable bonds is 6. The molecule has 1 rings (SSSR count). The van der Waals surface area contributed by atoms with Crippen molar-refractivity contribution in [1.82, 2.24) is 9.88 Å². The quantitative estimate of drug-likeness (QED) is 0.615. The lowest BCUT2D eigenvalue weighted by Crippen LogP contribution is -2.52. The SMILES string of the molecule is CCC(C)(NC(=O)c1cc([N+](=O)[O-])cn1C(C)C)C(=O)O. The summed E-state index contributed by atoms with van der Waals surface area (Å²) in [5.41, 5.74) is -1.56. The highest BCUT2D eigenvalue weighted by molar-refractivity contribution is 5.97. The second-order valence-electron chi connectivity index (χ2n) is 5.29. The van der Waals surface area contributed by atoms with Crippen molar-refractivity contribution in [2.45, 2.75) is 45.7 Å². The Kier molecular flexibility index (Phi) is 4.72. The van der Waals surface area contributed by atoms with E-state index in [-0.39, 0.29) is 23.8 Å². The first-order valence-corrected chi connectivity index (χ1v) is 6.54. The van der Waals surface area contributed by atoms with Crippen molar-refractivity contribution >= 4 is 17.6 Å². The van der Waals surface area contributed by atoms with Gasteiger partial charge in [-0.3, -0.25) is 14.9 Å². The fraction of sp³-hybridized carbons (Fsp3) is 0.538. The molecule has 1 aromatic heterocycles. The zero-order valence-corrected chi connectivity index (χ0v) is 12.4. The summed E-state index contributed by atoms with van der Waals surface area (Å²) in [5, 5.41) is 22.4. The normalized spacial score (nSPS) is 13.8. The zero-order chi connectivity index (χ0) is 16.4. The molecule has 1 atom stereocenters. The van der Waals surface area contributed by atoms with Gasteiger partial charge in [-0.05, 0) is 27.2 Å². The summed E-state index contributed by atoms with van der Waals surface area (Å²) in [6, 6.07) is 0.977. The summed E-state index contributed by atoms with van der Waals surface area (Å²) in [5.74, 6) is -1.81. The van der Waals surface area contributed by atoms with Crippen molar-refractivity contribution in [2.24, 2.45) is 0 Å². The van der Waals surface area contributed by atoms with Crippen LogP contribution in [0.5, 0.6) is 0 Å². The van der Waals surface area contributed by atoms with Gasteiger partial charge >= 0.3 is 5.97 Å². The lowest BCUT2D eigenvalue weighted by Gasteiger charge is -2.25. The van der Waals surface area contributed by atoms with Gasteiger partial charge in [0, 0.05) is 12.1 Å². The summed E-state index contributed by atoms with van der Waals surface area (Å²) < 4.78 is 1.45. The van der Waals surface area contributed by atoms with E-state index in [1.165, 1.54) is 17.7 Å². The topological polar surface area (TPSA) is 114 Å². The van der Waals surface area contributed by atoms with Gasteiger partial charge < -0.3 is 15.0 Å². The molecule has 21 heavy (non-hydrogen) atoms. The van der Waals surface area contributed by atoms with Crippen LogP contribution < -0.4 is 5.32 Å². The number of amides is 1. The Bertz CT molecular complexity index is 578. The van der Waals surface area contributed by atoms with Crippen molar-refractivity contribution in [3.8, 4) is 0 Å². The number of hydrogen-bond donors (Lipinski definition) is 2. The fourth-order valence-corrected chi connectivity index (χ4v) is 1.78. The molecule has 0 spiro atoms. The molecule has 8 nitrogen and oxygen atoms in total. The molecule has 1 amide bonds. The van der Waals surface area contributed by atoms with Gasteiger partial charge in [0.15, 0.2) is 0 Å². The van der Waals surface area contributed by atoms with Gasteiger partial charge in [-0.25, -0.2) is 4.79 Å². The van der Waals surface area contributed by atoms with Gasteiger partial charge in [-0.1, -0.05) is 6.92 Å². The van der Waals surface area contributed by atoms with E-state index in [9.17, 15) is 24.8 Å². The van der Waals surface area contributed by atoms with Crippen LogP contribution in [-0.4, -0.2) is 32.0 Å². The summed E-state index contributed by atoms with van der Waals surface area (Å²) in [6.45, 7) is 6.58. The van der Waals surface area contributed by atoms with Crippen molar-refractivity contribution in [3.63, 3.8) is 0 Å². The minimum Gasteiger partial charge on any atom is -0.480 e. The van der Waals surface area contributed by atoms with Crippen LogP contribution in [0, 0.1) is 10.1 Å². The van der Waals surface area contributed by atoms with Gasteiger partial charge in [-0.15, -0.1) is 0 Å². The van der Waals surface area contributed by atoms with Crippen LogP contribution in [0.2, 0.25) is 0 Å². The Morgan fingerprint density at radius 3 is 2.48 bits per heavy atom. The first-order valence-electron chi connectivity index (χ1n) is 6.54. The molecule has 8 heteroatoms. The molecule has 1 aromatic rings. The van der Waals surface area contributed by atoms with E-state index in [1.54, 1.807) is 20.8 Å². The van der Waals surface area contributed by atoms with Crippen LogP contribution in [0.3, 0.4) is 0 Å². The minimum atomic E-state index is -1.42. The Hall–Kier alpha value is -2.38. The van der Waals surface area contributed by atoms with E-state index in [2.05, 4.69) is 5.32 Å². The third-order valence-corrected chi connectivity index (χ3v) is 3.40. The lowest BCUT2D eigenvalue weighted by molar-refractivity contribution is -0.384. The molecule has 0 aliphatic heterocycles. The van der Waals surface area contributed by atoms with Gasteiger partial charge in [0.05, 0.1) is 11.1 Å². The molecule has 116 valence electrons. The fourth-order valence-electron chi connectivity index (χ4n) is 1.78. The summed E-state index contributed by atoms with van der Waals surface area (Å²) in [4.78, 5) is 33.7. The van der Waals surface area contributed by atoms with Gasteiger partial charge in [0.1, 0.15) is 11.2 Å². The number of nitrogens with zero attached hydrogens (tertiary/aromatic N) is 2. The molecular weight excluding hydrogens is 278 g/mol. The molecule has 1 unspecified atom stereocenters. The molecule has 0 saturated carbocycles. The molecular formula is C13H19N3O5. The maximum absolute atomic E-state index is 12.3. The van der Waals surface area contributed by atoms with Crippen LogP contribution in [0.25, 0.3) is 0 Å². The summed E-state index contributed by atoms with van der Waals surface area (Å²) in [6.07, 6.45) is 1.46. The van der Waals surface area contributed by atoms with E-state index in [1.807, 2.05) is 0 Å². The third kappa shape index (κ3) is 3.39. The number of nitro groups is 1. The minimum absolute atomic E-state index is 0.0672. The molecule has 0 aliphatic carbocycles. The van der Waals surface area contributed by atoms with Crippen LogP contribution >= 0.6 is 0 Å².